The molecule has 1 heterocycles. The van der Waals surface area contributed by atoms with E-state index in [0.717, 1.165) is 10.8 Å². The summed E-state index contributed by atoms with van der Waals surface area (Å²) in [6, 6.07) is 9.18. The van der Waals surface area contributed by atoms with Crippen LogP contribution in [0.25, 0.3) is 0 Å². The molecule has 0 fully saturated rings. The van der Waals surface area contributed by atoms with Gasteiger partial charge >= 0.3 is 0 Å². The molecule has 0 spiro atoms. The monoisotopic (exact) mass is 255 g/mol. The van der Waals surface area contributed by atoms with Crippen LogP contribution in [0.15, 0.2) is 39.6 Å². The van der Waals surface area contributed by atoms with Crippen molar-refractivity contribution in [1.29, 1.82) is 0 Å². The Hall–Kier alpha value is -1.13. The van der Waals surface area contributed by atoms with E-state index in [4.69, 9.17) is 16.1 Å². The molecule has 1 N–H and O–H groups in total. The number of benzene rings is 1. The molecule has 0 aliphatic carbocycles. The number of hydrogen-bond acceptors (Lipinski definition) is 3. The Bertz CT molecular complexity index is 503. The molecule has 5 heteroatoms. The minimum atomic E-state index is -0.193. The average Bonchev–Trinajstić information content (AvgIpc) is 2.67. The normalized spacial score (nSPS) is 10.6. The van der Waals surface area contributed by atoms with Gasteiger partial charge in [0.2, 0.25) is 0 Å². The molecule has 0 bridgehead atoms. The quantitative estimate of drug-likeness (QED) is 0.913. The molecule has 3 nitrogen and oxygen atoms in total. The number of aromatic nitrogens is 1. The lowest BCUT2D eigenvalue weighted by molar-refractivity contribution is 0.390. The van der Waals surface area contributed by atoms with Gasteiger partial charge in [-0.1, -0.05) is 23.7 Å². The number of aromatic amines is 1. The van der Waals surface area contributed by atoms with Crippen LogP contribution in [-0.2, 0) is 11.5 Å². The molecule has 0 atom stereocenters. The lowest BCUT2D eigenvalue weighted by atomic mass is 10.2. The summed E-state index contributed by atoms with van der Waals surface area (Å²) in [5.74, 6) is 2.22. The third-order valence-corrected chi connectivity index (χ3v) is 3.28. The van der Waals surface area contributed by atoms with E-state index in [9.17, 15) is 4.79 Å². The van der Waals surface area contributed by atoms with Gasteiger partial charge in [0, 0.05) is 16.8 Å². The van der Waals surface area contributed by atoms with Crippen molar-refractivity contribution < 1.29 is 4.52 Å². The van der Waals surface area contributed by atoms with Gasteiger partial charge in [0.1, 0.15) is 5.76 Å². The molecule has 0 aliphatic rings. The Morgan fingerprint density at radius 1 is 1.25 bits per heavy atom. The maximum absolute atomic E-state index is 10.8. The second-order valence-corrected chi connectivity index (χ2v) is 4.72. The summed E-state index contributed by atoms with van der Waals surface area (Å²) in [5.41, 5.74) is 1.01. The van der Waals surface area contributed by atoms with Crippen molar-refractivity contribution in [2.24, 2.45) is 0 Å². The lowest BCUT2D eigenvalue weighted by Gasteiger charge is -1.99. The topological polar surface area (TPSA) is 46.0 Å². The fourth-order valence-electron chi connectivity index (χ4n) is 1.24. The lowest BCUT2D eigenvalue weighted by Crippen LogP contribution is -1.92. The summed E-state index contributed by atoms with van der Waals surface area (Å²) >= 11 is 7.47. The van der Waals surface area contributed by atoms with Crippen LogP contribution in [0.1, 0.15) is 11.3 Å². The first-order chi connectivity index (χ1) is 7.74. The highest BCUT2D eigenvalue weighted by Crippen LogP contribution is 2.18. The second-order valence-electron chi connectivity index (χ2n) is 3.30. The van der Waals surface area contributed by atoms with Gasteiger partial charge < -0.3 is 4.52 Å². The van der Waals surface area contributed by atoms with E-state index >= 15 is 0 Å². The summed E-state index contributed by atoms with van der Waals surface area (Å²) in [6.45, 7) is 0. The van der Waals surface area contributed by atoms with Crippen LogP contribution in [0.4, 0.5) is 0 Å². The maximum Gasteiger partial charge on any atom is 0.280 e. The van der Waals surface area contributed by atoms with E-state index < -0.39 is 0 Å². The summed E-state index contributed by atoms with van der Waals surface area (Å²) in [4.78, 5) is 10.8. The Morgan fingerprint density at radius 2 is 2.00 bits per heavy atom. The number of rotatable bonds is 4. The van der Waals surface area contributed by atoms with Crippen molar-refractivity contribution in [3.05, 3.63) is 57.0 Å². The number of halogens is 1. The van der Waals surface area contributed by atoms with Gasteiger partial charge in [-0.05, 0) is 17.7 Å². The fourth-order valence-corrected chi connectivity index (χ4v) is 2.24. The number of thioether (sulfide) groups is 1. The first kappa shape index (κ1) is 11.4. The number of nitrogens with one attached hydrogen (secondary N) is 1. The predicted octanol–water partition coefficient (Wildman–Crippen LogP) is 3.05. The first-order valence-corrected chi connectivity index (χ1v) is 6.27. The summed E-state index contributed by atoms with van der Waals surface area (Å²) < 4.78 is 4.94. The van der Waals surface area contributed by atoms with Crippen molar-refractivity contribution in [1.82, 2.24) is 5.16 Å². The molecule has 0 saturated heterocycles. The third kappa shape index (κ3) is 3.18. The Morgan fingerprint density at radius 3 is 2.62 bits per heavy atom. The molecule has 0 saturated carbocycles. The zero-order valence-electron chi connectivity index (χ0n) is 8.40. The highest BCUT2D eigenvalue weighted by molar-refractivity contribution is 7.97. The Balaban J connectivity index is 1.84. The zero-order valence-corrected chi connectivity index (χ0v) is 9.98. The fraction of sp³-hybridized carbons (Fsp3) is 0.182. The maximum atomic E-state index is 10.8. The van der Waals surface area contributed by atoms with Crippen LogP contribution in [-0.4, -0.2) is 5.16 Å². The number of H-pyrrole nitrogens is 1. The second kappa shape index (κ2) is 5.27. The summed E-state index contributed by atoms with van der Waals surface area (Å²) in [5, 5.41) is 3.00. The molecule has 2 aromatic rings. The van der Waals surface area contributed by atoms with Crippen LogP contribution in [0, 0.1) is 0 Å². The SMILES string of the molecule is O=c1cc(CSCc2ccc(Cl)cc2)o[nH]1. The van der Waals surface area contributed by atoms with Crippen LogP contribution in [0.3, 0.4) is 0 Å². The molecular formula is C11H10ClNO2S. The van der Waals surface area contributed by atoms with Crippen molar-refractivity contribution in [2.75, 3.05) is 0 Å². The smallest absolute Gasteiger partial charge is 0.280 e. The summed E-state index contributed by atoms with van der Waals surface area (Å²) in [7, 11) is 0. The molecule has 0 amide bonds. The molecule has 2 rings (SSSR count). The van der Waals surface area contributed by atoms with Crippen molar-refractivity contribution in [3.8, 4) is 0 Å². The largest absolute Gasteiger partial charge is 0.383 e. The molecular weight excluding hydrogens is 246 g/mol. The van der Waals surface area contributed by atoms with E-state index in [1.807, 2.05) is 24.3 Å². The average molecular weight is 256 g/mol. The van der Waals surface area contributed by atoms with Gasteiger partial charge in [-0.2, -0.15) is 5.16 Å². The van der Waals surface area contributed by atoms with Crippen LogP contribution < -0.4 is 5.56 Å². The predicted molar refractivity (Wildman–Crippen MR) is 65.8 cm³/mol. The van der Waals surface area contributed by atoms with Crippen LogP contribution in [0.2, 0.25) is 5.02 Å². The standard InChI is InChI=1S/C11H10ClNO2S/c12-9-3-1-8(2-4-9)6-16-7-10-5-11(14)13-15-10/h1-5H,6-7H2,(H,13,14). The van der Waals surface area contributed by atoms with Gasteiger partial charge in [-0.15, -0.1) is 11.8 Å². The molecule has 0 unspecified atom stereocenters. The van der Waals surface area contributed by atoms with E-state index in [-0.39, 0.29) is 5.56 Å². The van der Waals surface area contributed by atoms with Gasteiger partial charge in [0.05, 0.1) is 5.75 Å². The Labute approximate surface area is 102 Å². The highest BCUT2D eigenvalue weighted by atomic mass is 35.5. The van der Waals surface area contributed by atoms with Gasteiger partial charge in [-0.3, -0.25) is 4.79 Å². The van der Waals surface area contributed by atoms with Crippen molar-refractivity contribution in [2.45, 2.75) is 11.5 Å². The van der Waals surface area contributed by atoms with E-state index in [1.54, 1.807) is 11.8 Å². The first-order valence-electron chi connectivity index (χ1n) is 4.73. The minimum Gasteiger partial charge on any atom is -0.383 e. The van der Waals surface area contributed by atoms with E-state index in [1.165, 1.54) is 11.6 Å². The minimum absolute atomic E-state index is 0.193. The molecule has 0 aliphatic heterocycles. The molecule has 84 valence electrons. The van der Waals surface area contributed by atoms with Crippen molar-refractivity contribution >= 4 is 23.4 Å². The molecule has 1 aromatic heterocycles. The van der Waals surface area contributed by atoms with Crippen LogP contribution >= 0.6 is 23.4 Å². The van der Waals surface area contributed by atoms with Gasteiger partial charge in [-0.25, -0.2) is 0 Å². The summed E-state index contributed by atoms with van der Waals surface area (Å²) in [6.07, 6.45) is 0. The highest BCUT2D eigenvalue weighted by Gasteiger charge is 2.00. The van der Waals surface area contributed by atoms with E-state index in [0.29, 0.717) is 11.5 Å². The van der Waals surface area contributed by atoms with Crippen LogP contribution in [0.5, 0.6) is 0 Å². The van der Waals surface area contributed by atoms with E-state index in [2.05, 4.69) is 5.16 Å². The molecule has 16 heavy (non-hydrogen) atoms. The zero-order chi connectivity index (χ0) is 11.4. The molecule has 0 radical (unpaired) electrons. The van der Waals surface area contributed by atoms with Gasteiger partial charge in [0.25, 0.3) is 5.56 Å². The Kier molecular flexibility index (Phi) is 3.74. The molecule has 1 aromatic carbocycles. The van der Waals surface area contributed by atoms with Crippen molar-refractivity contribution in [3.63, 3.8) is 0 Å². The van der Waals surface area contributed by atoms with Gasteiger partial charge in [0.15, 0.2) is 0 Å². The third-order valence-electron chi connectivity index (χ3n) is 2.00. The number of hydrogen-bond donors (Lipinski definition) is 1.